The summed E-state index contributed by atoms with van der Waals surface area (Å²) in [7, 11) is 0. The molecule has 0 fully saturated rings. The van der Waals surface area contributed by atoms with Gasteiger partial charge >= 0.3 is 0 Å². The first-order valence-electron chi connectivity index (χ1n) is 5.97. The van der Waals surface area contributed by atoms with Crippen LogP contribution in [0, 0.1) is 0 Å². The number of hydrogen-bond acceptors (Lipinski definition) is 2. The molecule has 0 atom stereocenters. The maximum absolute atomic E-state index is 5.93. The van der Waals surface area contributed by atoms with Gasteiger partial charge in [-0.25, -0.2) is 0 Å². The van der Waals surface area contributed by atoms with Crippen LogP contribution in [0.1, 0.15) is 12.0 Å². The standard InChI is InChI=1S/C15H16ClNO/c16-13-6-1-4-12(10-13)5-3-9-18-15-8-2-7-14(17)11-15/h1-2,4,6-8,10-11H,3,5,9,17H2. The molecular formula is C15H16ClNO. The number of aryl methyl sites for hydroxylation is 1. The summed E-state index contributed by atoms with van der Waals surface area (Å²) in [5, 5.41) is 0.782. The van der Waals surface area contributed by atoms with E-state index in [2.05, 4.69) is 6.07 Å². The highest BCUT2D eigenvalue weighted by molar-refractivity contribution is 6.30. The number of benzene rings is 2. The predicted molar refractivity (Wildman–Crippen MR) is 76.1 cm³/mol. The van der Waals surface area contributed by atoms with Crippen LogP contribution < -0.4 is 10.5 Å². The fourth-order valence-corrected chi connectivity index (χ4v) is 1.98. The normalized spacial score (nSPS) is 10.3. The third-order valence-corrected chi connectivity index (χ3v) is 2.86. The smallest absolute Gasteiger partial charge is 0.121 e. The molecule has 0 radical (unpaired) electrons. The van der Waals surface area contributed by atoms with Gasteiger partial charge in [0.1, 0.15) is 5.75 Å². The summed E-state index contributed by atoms with van der Waals surface area (Å²) in [5.41, 5.74) is 7.64. The molecule has 2 N–H and O–H groups in total. The summed E-state index contributed by atoms with van der Waals surface area (Å²) in [6.07, 6.45) is 1.91. The van der Waals surface area contributed by atoms with Gasteiger partial charge < -0.3 is 10.5 Å². The Balaban J connectivity index is 1.76. The largest absolute Gasteiger partial charge is 0.494 e. The molecule has 0 heterocycles. The van der Waals surface area contributed by atoms with Crippen molar-refractivity contribution in [3.05, 3.63) is 59.1 Å². The van der Waals surface area contributed by atoms with Crippen LogP contribution in [0.4, 0.5) is 5.69 Å². The van der Waals surface area contributed by atoms with Gasteiger partial charge in [-0.05, 0) is 42.7 Å². The molecule has 0 aliphatic heterocycles. The van der Waals surface area contributed by atoms with Gasteiger partial charge in [0.15, 0.2) is 0 Å². The van der Waals surface area contributed by atoms with E-state index >= 15 is 0 Å². The quantitative estimate of drug-likeness (QED) is 0.654. The molecular weight excluding hydrogens is 246 g/mol. The first kappa shape index (κ1) is 12.8. The lowest BCUT2D eigenvalue weighted by Gasteiger charge is -2.07. The monoisotopic (exact) mass is 261 g/mol. The highest BCUT2D eigenvalue weighted by atomic mass is 35.5. The van der Waals surface area contributed by atoms with E-state index in [0.29, 0.717) is 6.61 Å². The van der Waals surface area contributed by atoms with Crippen LogP contribution in [-0.2, 0) is 6.42 Å². The molecule has 0 saturated heterocycles. The Hall–Kier alpha value is -1.67. The maximum atomic E-state index is 5.93. The number of ether oxygens (including phenoxy) is 1. The fraction of sp³-hybridized carbons (Fsp3) is 0.200. The topological polar surface area (TPSA) is 35.2 Å². The average molecular weight is 262 g/mol. The fourth-order valence-electron chi connectivity index (χ4n) is 1.76. The summed E-state index contributed by atoms with van der Waals surface area (Å²) < 4.78 is 5.63. The molecule has 94 valence electrons. The van der Waals surface area contributed by atoms with E-state index in [0.717, 1.165) is 29.3 Å². The summed E-state index contributed by atoms with van der Waals surface area (Å²) in [4.78, 5) is 0. The van der Waals surface area contributed by atoms with Crippen LogP contribution in [-0.4, -0.2) is 6.61 Å². The van der Waals surface area contributed by atoms with Gasteiger partial charge in [0.05, 0.1) is 6.61 Å². The van der Waals surface area contributed by atoms with Crippen molar-refractivity contribution in [2.24, 2.45) is 0 Å². The highest BCUT2D eigenvalue weighted by Gasteiger charge is 1.97. The van der Waals surface area contributed by atoms with E-state index in [1.807, 2.05) is 42.5 Å². The minimum Gasteiger partial charge on any atom is -0.494 e. The molecule has 0 aliphatic carbocycles. The molecule has 2 nitrogen and oxygen atoms in total. The summed E-state index contributed by atoms with van der Waals surface area (Å²) in [5.74, 6) is 0.820. The van der Waals surface area contributed by atoms with Gasteiger partial charge in [-0.2, -0.15) is 0 Å². The molecule has 0 unspecified atom stereocenters. The Morgan fingerprint density at radius 2 is 1.89 bits per heavy atom. The molecule has 2 aromatic carbocycles. The van der Waals surface area contributed by atoms with Crippen molar-refractivity contribution >= 4 is 17.3 Å². The lowest BCUT2D eigenvalue weighted by Crippen LogP contribution is -1.99. The van der Waals surface area contributed by atoms with Crippen molar-refractivity contribution in [1.82, 2.24) is 0 Å². The van der Waals surface area contributed by atoms with Crippen LogP contribution in [0.15, 0.2) is 48.5 Å². The van der Waals surface area contributed by atoms with Crippen LogP contribution in [0.5, 0.6) is 5.75 Å². The molecule has 0 amide bonds. The first-order chi connectivity index (χ1) is 8.74. The molecule has 0 aromatic heterocycles. The van der Waals surface area contributed by atoms with Crippen LogP contribution in [0.2, 0.25) is 5.02 Å². The van der Waals surface area contributed by atoms with Gasteiger partial charge in [-0.3, -0.25) is 0 Å². The van der Waals surface area contributed by atoms with Gasteiger partial charge in [-0.1, -0.05) is 29.8 Å². The Kier molecular flexibility index (Phi) is 4.48. The molecule has 2 rings (SSSR count). The number of halogens is 1. The van der Waals surface area contributed by atoms with E-state index < -0.39 is 0 Å². The Morgan fingerprint density at radius 1 is 1.06 bits per heavy atom. The number of anilines is 1. The SMILES string of the molecule is Nc1cccc(OCCCc2cccc(Cl)c2)c1. The number of nitrogens with two attached hydrogens (primary N) is 1. The van der Waals surface area contributed by atoms with E-state index in [-0.39, 0.29) is 0 Å². The van der Waals surface area contributed by atoms with E-state index in [4.69, 9.17) is 22.1 Å². The van der Waals surface area contributed by atoms with E-state index in [1.165, 1.54) is 5.56 Å². The van der Waals surface area contributed by atoms with E-state index in [1.54, 1.807) is 0 Å². The minimum absolute atomic E-state index is 0.677. The van der Waals surface area contributed by atoms with Gasteiger partial charge in [-0.15, -0.1) is 0 Å². The Bertz CT molecular complexity index is 466. The minimum atomic E-state index is 0.677. The lowest BCUT2D eigenvalue weighted by atomic mass is 10.1. The predicted octanol–water partition coefficient (Wildman–Crippen LogP) is 3.93. The molecule has 2 aromatic rings. The second-order valence-electron chi connectivity index (χ2n) is 4.15. The lowest BCUT2D eigenvalue weighted by molar-refractivity contribution is 0.311. The third-order valence-electron chi connectivity index (χ3n) is 2.63. The zero-order chi connectivity index (χ0) is 12.8. The van der Waals surface area contributed by atoms with Crippen molar-refractivity contribution in [3.8, 4) is 5.75 Å². The molecule has 0 saturated carbocycles. The zero-order valence-corrected chi connectivity index (χ0v) is 10.9. The number of hydrogen-bond donors (Lipinski definition) is 1. The van der Waals surface area contributed by atoms with Crippen LogP contribution in [0.25, 0.3) is 0 Å². The molecule has 0 bridgehead atoms. The molecule has 3 heteroatoms. The maximum Gasteiger partial charge on any atom is 0.121 e. The summed E-state index contributed by atoms with van der Waals surface area (Å²) >= 11 is 5.93. The van der Waals surface area contributed by atoms with Crippen molar-refractivity contribution in [1.29, 1.82) is 0 Å². The first-order valence-corrected chi connectivity index (χ1v) is 6.34. The summed E-state index contributed by atoms with van der Waals surface area (Å²) in [6, 6.07) is 15.4. The van der Waals surface area contributed by atoms with Gasteiger partial charge in [0.2, 0.25) is 0 Å². The second kappa shape index (κ2) is 6.31. The zero-order valence-electron chi connectivity index (χ0n) is 10.1. The molecule has 0 aliphatic rings. The third kappa shape index (κ3) is 3.97. The Morgan fingerprint density at radius 3 is 2.67 bits per heavy atom. The van der Waals surface area contributed by atoms with E-state index in [9.17, 15) is 0 Å². The van der Waals surface area contributed by atoms with Crippen molar-refractivity contribution in [2.75, 3.05) is 12.3 Å². The number of nitrogen functional groups attached to an aromatic ring is 1. The number of rotatable bonds is 5. The van der Waals surface area contributed by atoms with Crippen molar-refractivity contribution in [3.63, 3.8) is 0 Å². The summed E-state index contributed by atoms with van der Waals surface area (Å²) in [6.45, 7) is 0.677. The Labute approximate surface area is 112 Å². The molecule has 18 heavy (non-hydrogen) atoms. The average Bonchev–Trinajstić information content (AvgIpc) is 2.35. The molecule has 0 spiro atoms. The van der Waals surface area contributed by atoms with Crippen molar-refractivity contribution in [2.45, 2.75) is 12.8 Å². The van der Waals surface area contributed by atoms with Gasteiger partial charge in [0, 0.05) is 16.8 Å². The van der Waals surface area contributed by atoms with Crippen LogP contribution >= 0.6 is 11.6 Å². The van der Waals surface area contributed by atoms with Crippen LogP contribution in [0.3, 0.4) is 0 Å². The second-order valence-corrected chi connectivity index (χ2v) is 4.59. The van der Waals surface area contributed by atoms with Crippen molar-refractivity contribution < 1.29 is 4.74 Å². The highest BCUT2D eigenvalue weighted by Crippen LogP contribution is 2.15. The van der Waals surface area contributed by atoms with Gasteiger partial charge in [0.25, 0.3) is 0 Å².